The average Bonchev–Trinajstić information content (AvgIpc) is 2.42. The van der Waals surface area contributed by atoms with Gasteiger partial charge in [0.2, 0.25) is 0 Å². The van der Waals surface area contributed by atoms with E-state index in [-0.39, 0.29) is 17.1 Å². The topological polar surface area (TPSA) is 81.1 Å². The lowest BCUT2D eigenvalue weighted by atomic mass is 10.1. The summed E-state index contributed by atoms with van der Waals surface area (Å²) in [5.74, 6) is 0.268. The van der Waals surface area contributed by atoms with Crippen molar-refractivity contribution in [2.75, 3.05) is 18.1 Å². The van der Waals surface area contributed by atoms with Crippen LogP contribution in [0.25, 0.3) is 0 Å². The number of aryl methyl sites for hydroxylation is 1. The first kappa shape index (κ1) is 14.2. The third-order valence-corrected chi connectivity index (χ3v) is 5.15. The molecule has 106 valence electrons. The number of nitrogens with one attached hydrogen (secondary N) is 1. The summed E-state index contributed by atoms with van der Waals surface area (Å²) in [5, 5.41) is 3.17. The fourth-order valence-electron chi connectivity index (χ4n) is 2.15. The summed E-state index contributed by atoms with van der Waals surface area (Å²) in [6.45, 7) is 3.47. The van der Waals surface area contributed by atoms with Crippen molar-refractivity contribution in [3.8, 4) is 0 Å². The fraction of sp³-hybridized carbons (Fsp3) is 0.667. The van der Waals surface area contributed by atoms with E-state index in [1.165, 1.54) is 10.9 Å². The molecule has 1 aromatic rings. The van der Waals surface area contributed by atoms with E-state index in [1.54, 1.807) is 6.92 Å². The third kappa shape index (κ3) is 3.42. The summed E-state index contributed by atoms with van der Waals surface area (Å²) in [6, 6.07) is 0. The molecule has 6 nitrogen and oxygen atoms in total. The van der Waals surface area contributed by atoms with Crippen molar-refractivity contribution in [1.29, 1.82) is 0 Å². The lowest BCUT2D eigenvalue weighted by Crippen LogP contribution is -2.34. The Morgan fingerprint density at radius 1 is 1.47 bits per heavy atom. The van der Waals surface area contributed by atoms with Gasteiger partial charge in [0.25, 0.3) is 5.56 Å². The quantitative estimate of drug-likeness (QED) is 0.804. The van der Waals surface area contributed by atoms with Gasteiger partial charge in [-0.3, -0.25) is 9.36 Å². The van der Waals surface area contributed by atoms with Gasteiger partial charge in [0.05, 0.1) is 17.8 Å². The summed E-state index contributed by atoms with van der Waals surface area (Å²) in [5.41, 5.74) is 1.55. The number of fused-ring (bicyclic) bond motifs is 1. The van der Waals surface area contributed by atoms with Gasteiger partial charge in [0.15, 0.2) is 0 Å². The molecular formula is C12H19N3O3S. The zero-order chi connectivity index (χ0) is 13.9. The summed E-state index contributed by atoms with van der Waals surface area (Å²) < 4.78 is 24.3. The highest BCUT2D eigenvalue weighted by Crippen LogP contribution is 2.05. The van der Waals surface area contributed by atoms with Crippen LogP contribution >= 0.6 is 0 Å². The van der Waals surface area contributed by atoms with Crippen LogP contribution in [-0.2, 0) is 29.3 Å². The molecule has 0 fully saturated rings. The van der Waals surface area contributed by atoms with Crippen LogP contribution in [0.4, 0.5) is 0 Å². The number of hydrogen-bond acceptors (Lipinski definition) is 5. The predicted octanol–water partition coefficient (Wildman–Crippen LogP) is -0.286. The van der Waals surface area contributed by atoms with E-state index in [1.807, 2.05) is 0 Å². The molecule has 0 unspecified atom stereocenters. The van der Waals surface area contributed by atoms with Crippen molar-refractivity contribution in [3.05, 3.63) is 27.9 Å². The minimum atomic E-state index is -2.97. The second-order valence-electron chi connectivity index (χ2n) is 4.69. The molecule has 0 spiro atoms. The van der Waals surface area contributed by atoms with E-state index in [2.05, 4.69) is 10.3 Å². The summed E-state index contributed by atoms with van der Waals surface area (Å²) in [4.78, 5) is 16.5. The van der Waals surface area contributed by atoms with Gasteiger partial charge >= 0.3 is 0 Å². The van der Waals surface area contributed by atoms with E-state index in [9.17, 15) is 13.2 Å². The van der Waals surface area contributed by atoms with Crippen molar-refractivity contribution < 1.29 is 8.42 Å². The number of hydrogen-bond donors (Lipinski definition) is 1. The molecule has 2 rings (SSSR count). The first-order valence-electron chi connectivity index (χ1n) is 6.52. The van der Waals surface area contributed by atoms with E-state index in [0.717, 1.165) is 17.8 Å². The maximum Gasteiger partial charge on any atom is 0.256 e. The van der Waals surface area contributed by atoms with Crippen LogP contribution in [0, 0.1) is 0 Å². The molecule has 0 aliphatic carbocycles. The van der Waals surface area contributed by atoms with Crippen LogP contribution in [-0.4, -0.2) is 36.0 Å². The Labute approximate surface area is 112 Å². The Morgan fingerprint density at radius 3 is 3.00 bits per heavy atom. The average molecular weight is 285 g/mol. The maximum atomic E-state index is 12.2. The largest absolute Gasteiger partial charge is 0.311 e. The molecule has 1 aromatic heterocycles. The molecule has 0 saturated heterocycles. The molecule has 0 atom stereocenters. The second kappa shape index (κ2) is 5.83. The molecular weight excluding hydrogens is 266 g/mol. The van der Waals surface area contributed by atoms with Gasteiger partial charge in [0.1, 0.15) is 9.84 Å². The van der Waals surface area contributed by atoms with Crippen LogP contribution in [0.2, 0.25) is 0 Å². The van der Waals surface area contributed by atoms with Crippen molar-refractivity contribution in [2.24, 2.45) is 0 Å². The number of aromatic nitrogens is 2. The fourth-order valence-corrected chi connectivity index (χ4v) is 3.01. The summed E-state index contributed by atoms with van der Waals surface area (Å²) in [7, 11) is -2.97. The van der Waals surface area contributed by atoms with E-state index >= 15 is 0 Å². The Morgan fingerprint density at radius 2 is 2.26 bits per heavy atom. The molecule has 2 heterocycles. The van der Waals surface area contributed by atoms with Crippen LogP contribution in [0.3, 0.4) is 0 Å². The summed E-state index contributed by atoms with van der Waals surface area (Å²) in [6.07, 6.45) is 2.66. The number of sulfone groups is 1. The molecule has 0 amide bonds. The van der Waals surface area contributed by atoms with Gasteiger partial charge in [-0.15, -0.1) is 0 Å². The minimum Gasteiger partial charge on any atom is -0.311 e. The van der Waals surface area contributed by atoms with E-state index in [4.69, 9.17) is 0 Å². The standard InChI is InChI=1S/C12H19N3O3S/c1-2-19(17,18)7-3-6-15-9-14-11-8-13-5-4-10(11)12(15)16/h9,13H,2-8H2,1H3. The van der Waals surface area contributed by atoms with Crippen molar-refractivity contribution >= 4 is 9.84 Å². The van der Waals surface area contributed by atoms with Crippen molar-refractivity contribution in [1.82, 2.24) is 14.9 Å². The van der Waals surface area contributed by atoms with Gasteiger partial charge < -0.3 is 5.32 Å². The molecule has 0 aromatic carbocycles. The number of nitrogens with zero attached hydrogens (tertiary/aromatic N) is 2. The molecule has 1 N–H and O–H groups in total. The Hall–Kier alpha value is -1.21. The maximum absolute atomic E-state index is 12.2. The van der Waals surface area contributed by atoms with Gasteiger partial charge in [-0.25, -0.2) is 13.4 Å². The van der Waals surface area contributed by atoms with E-state index < -0.39 is 9.84 Å². The van der Waals surface area contributed by atoms with Crippen LogP contribution in [0.5, 0.6) is 0 Å². The van der Waals surface area contributed by atoms with Gasteiger partial charge in [-0.2, -0.15) is 0 Å². The molecule has 7 heteroatoms. The molecule has 0 saturated carbocycles. The molecule has 19 heavy (non-hydrogen) atoms. The van der Waals surface area contributed by atoms with Gasteiger partial charge in [0, 0.05) is 24.4 Å². The summed E-state index contributed by atoms with van der Waals surface area (Å²) >= 11 is 0. The van der Waals surface area contributed by atoms with E-state index in [0.29, 0.717) is 25.9 Å². The molecule has 1 aliphatic heterocycles. The van der Waals surface area contributed by atoms with Crippen molar-refractivity contribution in [2.45, 2.75) is 32.9 Å². The lowest BCUT2D eigenvalue weighted by Gasteiger charge is -2.16. The monoisotopic (exact) mass is 285 g/mol. The normalized spacial score (nSPS) is 15.2. The van der Waals surface area contributed by atoms with Crippen molar-refractivity contribution in [3.63, 3.8) is 0 Å². The number of rotatable bonds is 5. The lowest BCUT2D eigenvalue weighted by molar-refractivity contribution is 0.566. The van der Waals surface area contributed by atoms with Gasteiger partial charge in [-0.1, -0.05) is 6.92 Å². The molecule has 0 bridgehead atoms. The zero-order valence-corrected chi connectivity index (χ0v) is 11.9. The SMILES string of the molecule is CCS(=O)(=O)CCCn1cnc2c(c1=O)CCNC2. The first-order valence-corrected chi connectivity index (χ1v) is 8.34. The Balaban J connectivity index is 2.08. The first-order chi connectivity index (χ1) is 9.03. The highest BCUT2D eigenvalue weighted by Gasteiger charge is 2.15. The zero-order valence-electron chi connectivity index (χ0n) is 11.1. The molecule has 1 aliphatic rings. The highest BCUT2D eigenvalue weighted by molar-refractivity contribution is 7.91. The van der Waals surface area contributed by atoms with Crippen LogP contribution in [0.15, 0.2) is 11.1 Å². The third-order valence-electron chi connectivity index (χ3n) is 3.36. The van der Waals surface area contributed by atoms with Gasteiger partial charge in [-0.05, 0) is 19.4 Å². The Kier molecular flexibility index (Phi) is 4.36. The smallest absolute Gasteiger partial charge is 0.256 e. The molecule has 0 radical (unpaired) electrons. The van der Waals surface area contributed by atoms with Crippen LogP contribution in [0.1, 0.15) is 24.6 Å². The predicted molar refractivity (Wildman–Crippen MR) is 72.9 cm³/mol. The van der Waals surface area contributed by atoms with Crippen LogP contribution < -0.4 is 10.9 Å². The highest BCUT2D eigenvalue weighted by atomic mass is 32.2. The second-order valence-corrected chi connectivity index (χ2v) is 7.16. The Bertz CT molecular complexity index is 607. The minimum absolute atomic E-state index is 0.0274.